The standard InChI is InChI=1S/C14H22FN3/c1-11(16-2)12-4-5-14(13(15)10-12)18-8-6-17(3)7-9-18/h4-5,10-11,16H,6-9H2,1-3H3. The third kappa shape index (κ3) is 2.82. The van der Waals surface area contributed by atoms with E-state index in [9.17, 15) is 4.39 Å². The van der Waals surface area contributed by atoms with Gasteiger partial charge in [0.15, 0.2) is 0 Å². The summed E-state index contributed by atoms with van der Waals surface area (Å²) in [5, 5.41) is 3.13. The van der Waals surface area contributed by atoms with Gasteiger partial charge in [0, 0.05) is 32.2 Å². The molecule has 1 N–H and O–H groups in total. The number of likely N-dealkylation sites (N-methyl/N-ethyl adjacent to an activating group) is 1. The van der Waals surface area contributed by atoms with Crippen LogP contribution < -0.4 is 10.2 Å². The Morgan fingerprint density at radius 1 is 1.22 bits per heavy atom. The number of hydrogen-bond acceptors (Lipinski definition) is 3. The van der Waals surface area contributed by atoms with Crippen LogP contribution in [-0.4, -0.2) is 45.2 Å². The van der Waals surface area contributed by atoms with Crippen molar-refractivity contribution in [3.05, 3.63) is 29.6 Å². The Morgan fingerprint density at radius 2 is 1.89 bits per heavy atom. The van der Waals surface area contributed by atoms with Crippen LogP contribution in [0.3, 0.4) is 0 Å². The number of piperazine rings is 1. The lowest BCUT2D eigenvalue weighted by molar-refractivity contribution is 0.311. The van der Waals surface area contributed by atoms with Crippen molar-refractivity contribution in [2.75, 3.05) is 45.2 Å². The van der Waals surface area contributed by atoms with Crippen molar-refractivity contribution in [2.24, 2.45) is 0 Å². The minimum absolute atomic E-state index is 0.112. The zero-order valence-corrected chi connectivity index (χ0v) is 11.4. The van der Waals surface area contributed by atoms with E-state index in [0.717, 1.165) is 37.4 Å². The minimum atomic E-state index is -0.112. The van der Waals surface area contributed by atoms with Gasteiger partial charge in [-0.3, -0.25) is 0 Å². The summed E-state index contributed by atoms with van der Waals surface area (Å²) in [7, 11) is 3.99. The summed E-state index contributed by atoms with van der Waals surface area (Å²) in [4.78, 5) is 4.40. The van der Waals surface area contributed by atoms with E-state index in [2.05, 4.69) is 22.2 Å². The lowest BCUT2D eigenvalue weighted by Crippen LogP contribution is -2.44. The summed E-state index contributed by atoms with van der Waals surface area (Å²) in [6.07, 6.45) is 0. The van der Waals surface area contributed by atoms with E-state index in [4.69, 9.17) is 0 Å². The Bertz CT molecular complexity index is 400. The maximum atomic E-state index is 14.1. The maximum absolute atomic E-state index is 14.1. The van der Waals surface area contributed by atoms with Crippen LogP contribution in [0, 0.1) is 5.82 Å². The molecule has 2 rings (SSSR count). The molecule has 1 saturated heterocycles. The molecule has 0 aliphatic carbocycles. The molecule has 1 unspecified atom stereocenters. The predicted molar refractivity (Wildman–Crippen MR) is 73.6 cm³/mol. The van der Waals surface area contributed by atoms with Crippen LogP contribution in [0.1, 0.15) is 18.5 Å². The van der Waals surface area contributed by atoms with Crippen molar-refractivity contribution in [2.45, 2.75) is 13.0 Å². The summed E-state index contributed by atoms with van der Waals surface area (Å²) in [6, 6.07) is 5.75. The molecule has 1 heterocycles. The van der Waals surface area contributed by atoms with E-state index < -0.39 is 0 Å². The van der Waals surface area contributed by atoms with E-state index in [1.807, 2.05) is 26.1 Å². The van der Waals surface area contributed by atoms with Gasteiger partial charge in [0.1, 0.15) is 5.82 Å². The summed E-state index contributed by atoms with van der Waals surface area (Å²) in [5.41, 5.74) is 1.73. The number of anilines is 1. The smallest absolute Gasteiger partial charge is 0.146 e. The number of nitrogens with zero attached hydrogens (tertiary/aromatic N) is 2. The van der Waals surface area contributed by atoms with Crippen molar-refractivity contribution >= 4 is 5.69 Å². The first-order chi connectivity index (χ1) is 8.61. The zero-order chi connectivity index (χ0) is 13.1. The van der Waals surface area contributed by atoms with E-state index in [1.165, 1.54) is 0 Å². The van der Waals surface area contributed by atoms with E-state index in [-0.39, 0.29) is 11.9 Å². The zero-order valence-electron chi connectivity index (χ0n) is 11.4. The first kappa shape index (κ1) is 13.3. The number of benzene rings is 1. The van der Waals surface area contributed by atoms with Crippen molar-refractivity contribution in [1.29, 1.82) is 0 Å². The third-order valence-electron chi connectivity index (χ3n) is 3.75. The molecule has 1 atom stereocenters. The molecule has 1 aliphatic heterocycles. The average Bonchev–Trinajstić information content (AvgIpc) is 2.39. The molecule has 100 valence electrons. The Kier molecular flexibility index (Phi) is 4.19. The Morgan fingerprint density at radius 3 is 2.44 bits per heavy atom. The molecular formula is C14H22FN3. The second-order valence-electron chi connectivity index (χ2n) is 5.01. The van der Waals surface area contributed by atoms with Gasteiger partial charge in [-0.05, 0) is 38.7 Å². The summed E-state index contributed by atoms with van der Waals surface area (Å²) in [5.74, 6) is -0.112. The topological polar surface area (TPSA) is 18.5 Å². The monoisotopic (exact) mass is 251 g/mol. The Labute approximate surface area is 109 Å². The van der Waals surface area contributed by atoms with Gasteiger partial charge in [0.05, 0.1) is 5.69 Å². The fourth-order valence-corrected chi connectivity index (χ4v) is 2.26. The second-order valence-corrected chi connectivity index (χ2v) is 5.01. The van der Waals surface area contributed by atoms with Gasteiger partial charge in [0.25, 0.3) is 0 Å². The number of hydrogen-bond donors (Lipinski definition) is 1. The molecule has 0 radical (unpaired) electrons. The van der Waals surface area contributed by atoms with Gasteiger partial charge >= 0.3 is 0 Å². The van der Waals surface area contributed by atoms with Crippen molar-refractivity contribution < 1.29 is 4.39 Å². The highest BCUT2D eigenvalue weighted by Gasteiger charge is 2.17. The molecule has 0 aromatic heterocycles. The first-order valence-electron chi connectivity index (χ1n) is 6.52. The molecule has 3 nitrogen and oxygen atoms in total. The number of nitrogens with one attached hydrogen (secondary N) is 1. The Balaban J connectivity index is 2.14. The van der Waals surface area contributed by atoms with Gasteiger partial charge in [-0.2, -0.15) is 0 Å². The third-order valence-corrected chi connectivity index (χ3v) is 3.75. The van der Waals surface area contributed by atoms with Crippen LogP contribution in [0.25, 0.3) is 0 Å². The van der Waals surface area contributed by atoms with Crippen LogP contribution in [0.5, 0.6) is 0 Å². The van der Waals surface area contributed by atoms with Gasteiger partial charge < -0.3 is 15.1 Å². The van der Waals surface area contributed by atoms with Crippen LogP contribution >= 0.6 is 0 Å². The lowest BCUT2D eigenvalue weighted by Gasteiger charge is -2.34. The molecule has 1 aromatic carbocycles. The summed E-state index contributed by atoms with van der Waals surface area (Å²) < 4.78 is 14.1. The normalized spacial score (nSPS) is 19.0. The van der Waals surface area contributed by atoms with Crippen molar-refractivity contribution in [1.82, 2.24) is 10.2 Å². The molecule has 1 fully saturated rings. The van der Waals surface area contributed by atoms with Crippen LogP contribution in [0.2, 0.25) is 0 Å². The highest BCUT2D eigenvalue weighted by Crippen LogP contribution is 2.24. The van der Waals surface area contributed by atoms with E-state index in [0.29, 0.717) is 0 Å². The number of halogens is 1. The van der Waals surface area contributed by atoms with Gasteiger partial charge in [-0.15, -0.1) is 0 Å². The summed E-state index contributed by atoms with van der Waals surface area (Å²) in [6.45, 7) is 5.81. The van der Waals surface area contributed by atoms with Gasteiger partial charge in [-0.1, -0.05) is 6.07 Å². The van der Waals surface area contributed by atoms with E-state index in [1.54, 1.807) is 6.07 Å². The molecule has 0 spiro atoms. The largest absolute Gasteiger partial charge is 0.367 e. The molecule has 1 aromatic rings. The van der Waals surface area contributed by atoms with E-state index >= 15 is 0 Å². The highest BCUT2D eigenvalue weighted by atomic mass is 19.1. The average molecular weight is 251 g/mol. The first-order valence-corrected chi connectivity index (χ1v) is 6.52. The second kappa shape index (κ2) is 5.67. The number of rotatable bonds is 3. The molecule has 0 saturated carbocycles. The molecule has 0 amide bonds. The van der Waals surface area contributed by atoms with Gasteiger partial charge in [0.2, 0.25) is 0 Å². The SMILES string of the molecule is CNC(C)c1ccc(N2CCN(C)CC2)c(F)c1. The molecule has 18 heavy (non-hydrogen) atoms. The fourth-order valence-electron chi connectivity index (χ4n) is 2.26. The van der Waals surface area contributed by atoms with Crippen molar-refractivity contribution in [3.63, 3.8) is 0 Å². The molecular weight excluding hydrogens is 229 g/mol. The quantitative estimate of drug-likeness (QED) is 0.884. The summed E-state index contributed by atoms with van der Waals surface area (Å²) >= 11 is 0. The maximum Gasteiger partial charge on any atom is 0.146 e. The van der Waals surface area contributed by atoms with Crippen molar-refractivity contribution in [3.8, 4) is 0 Å². The Hall–Kier alpha value is -1.13. The lowest BCUT2D eigenvalue weighted by atomic mass is 10.1. The molecule has 0 bridgehead atoms. The molecule has 4 heteroatoms. The van der Waals surface area contributed by atoms with Crippen LogP contribution in [-0.2, 0) is 0 Å². The van der Waals surface area contributed by atoms with Crippen LogP contribution in [0.4, 0.5) is 10.1 Å². The minimum Gasteiger partial charge on any atom is -0.367 e. The predicted octanol–water partition coefficient (Wildman–Crippen LogP) is 1.86. The molecule has 1 aliphatic rings. The van der Waals surface area contributed by atoms with Crippen LogP contribution in [0.15, 0.2) is 18.2 Å². The fraction of sp³-hybridized carbons (Fsp3) is 0.571. The highest BCUT2D eigenvalue weighted by molar-refractivity contribution is 5.50. The van der Waals surface area contributed by atoms with Gasteiger partial charge in [-0.25, -0.2) is 4.39 Å².